The molecule has 0 atom stereocenters. The van der Waals surface area contributed by atoms with Crippen molar-refractivity contribution in [3.63, 3.8) is 0 Å². The molecule has 0 bridgehead atoms. The Hall–Kier alpha value is -1.02. The Labute approximate surface area is 71.2 Å². The first-order valence-electron chi connectivity index (χ1n) is 2.86. The summed E-state index contributed by atoms with van der Waals surface area (Å²) in [6.07, 6.45) is 1.67. The van der Waals surface area contributed by atoms with E-state index in [1.165, 1.54) is 11.8 Å². The Morgan fingerprint density at radius 3 is 2.67 bits per heavy atom. The fraction of sp³-hybridized carbons (Fsp3) is 0.143. The third-order valence-electron chi connectivity index (χ3n) is 0.996. The van der Waals surface area contributed by atoms with Crippen molar-refractivity contribution in [3.8, 4) is 12.3 Å². The monoisotopic (exact) mass is 190 g/mol. The first-order valence-corrected chi connectivity index (χ1v) is 3.74. The number of hydrogen-bond donors (Lipinski definition) is 0. The molecule has 0 aliphatic rings. The Morgan fingerprint density at radius 1 is 1.58 bits per heavy atom. The van der Waals surface area contributed by atoms with E-state index in [0.717, 1.165) is 0 Å². The molecule has 0 amide bonds. The average Bonchev–Trinajstić information content (AvgIpc) is 2.35. The van der Waals surface area contributed by atoms with Gasteiger partial charge in [-0.3, -0.25) is 0 Å². The van der Waals surface area contributed by atoms with E-state index in [1.807, 2.05) is 0 Å². The summed E-state index contributed by atoms with van der Waals surface area (Å²) in [5.41, 5.74) is 0.176. The maximum atomic E-state index is 11.9. The molecule has 1 radical (unpaired) electrons. The summed E-state index contributed by atoms with van der Waals surface area (Å²) in [7, 11) is 0. The van der Waals surface area contributed by atoms with E-state index in [2.05, 4.69) is 10.9 Å². The lowest BCUT2D eigenvalue weighted by Gasteiger charge is -1.98. The van der Waals surface area contributed by atoms with Crippen molar-refractivity contribution >= 4 is 11.3 Å². The van der Waals surface area contributed by atoms with E-state index in [0.29, 0.717) is 11.3 Å². The summed E-state index contributed by atoms with van der Waals surface area (Å²) in [4.78, 5) is 3.27. The van der Waals surface area contributed by atoms with Crippen LogP contribution in [0.25, 0.3) is 0 Å². The summed E-state index contributed by atoms with van der Waals surface area (Å²) >= 11 is 0.534. The van der Waals surface area contributed by atoms with Crippen molar-refractivity contribution in [1.82, 2.24) is 4.98 Å². The van der Waals surface area contributed by atoms with E-state index in [1.54, 1.807) is 0 Å². The van der Waals surface area contributed by atoms with Crippen LogP contribution in [0.3, 0.4) is 0 Å². The predicted octanol–water partition coefficient (Wildman–Crippen LogP) is 2.35. The van der Waals surface area contributed by atoms with Gasteiger partial charge in [-0.1, -0.05) is 5.92 Å². The second-order valence-corrected chi connectivity index (χ2v) is 2.74. The molecule has 0 aliphatic carbocycles. The molecule has 0 spiro atoms. The lowest BCUT2D eigenvalue weighted by molar-refractivity contribution is -0.137. The lowest BCUT2D eigenvalue weighted by atomic mass is 10.4. The first-order chi connectivity index (χ1) is 5.54. The zero-order chi connectivity index (χ0) is 9.19. The SMILES string of the molecule is C#C[CH]c1csc(C(F)(F)F)n1. The van der Waals surface area contributed by atoms with E-state index in [-0.39, 0.29) is 5.69 Å². The molecule has 0 unspecified atom stereocenters. The Morgan fingerprint density at radius 2 is 2.25 bits per heavy atom. The van der Waals surface area contributed by atoms with Crippen molar-refractivity contribution in [2.75, 3.05) is 0 Å². The highest BCUT2D eigenvalue weighted by Crippen LogP contribution is 2.31. The second-order valence-electron chi connectivity index (χ2n) is 1.89. The molecule has 1 rings (SSSR count). The third-order valence-corrected chi connectivity index (χ3v) is 1.90. The topological polar surface area (TPSA) is 12.9 Å². The van der Waals surface area contributed by atoms with Gasteiger partial charge in [0.15, 0.2) is 5.01 Å². The summed E-state index contributed by atoms with van der Waals surface area (Å²) in [5, 5.41) is 0.395. The molecule has 1 aromatic heterocycles. The van der Waals surface area contributed by atoms with Crippen molar-refractivity contribution in [2.45, 2.75) is 6.18 Å². The highest BCUT2D eigenvalue weighted by atomic mass is 32.1. The van der Waals surface area contributed by atoms with Crippen LogP contribution in [0.5, 0.6) is 0 Å². The zero-order valence-corrected chi connectivity index (χ0v) is 6.54. The minimum absolute atomic E-state index is 0.176. The standard InChI is InChI=1S/C7H3F3NS/c1-2-3-5-4-12-6(11-5)7(8,9)10/h1,3-4H. The second kappa shape index (κ2) is 3.15. The summed E-state index contributed by atoms with van der Waals surface area (Å²) in [6, 6.07) is 0. The van der Waals surface area contributed by atoms with Gasteiger partial charge < -0.3 is 0 Å². The van der Waals surface area contributed by atoms with Crippen LogP contribution in [0.4, 0.5) is 13.2 Å². The normalized spacial score (nSPS) is 11.2. The van der Waals surface area contributed by atoms with Crippen LogP contribution in [-0.4, -0.2) is 4.98 Å². The highest BCUT2D eigenvalue weighted by molar-refractivity contribution is 7.09. The number of thiazole rings is 1. The predicted molar refractivity (Wildman–Crippen MR) is 39.4 cm³/mol. The Kier molecular flexibility index (Phi) is 2.38. The number of alkyl halides is 3. The van der Waals surface area contributed by atoms with Gasteiger partial charge in [-0.15, -0.1) is 17.8 Å². The van der Waals surface area contributed by atoms with Crippen LogP contribution in [0, 0.1) is 18.8 Å². The molecule has 1 heterocycles. The molecular weight excluding hydrogens is 187 g/mol. The molecule has 0 aliphatic heterocycles. The molecule has 1 nitrogen and oxygen atoms in total. The van der Waals surface area contributed by atoms with Crippen LogP contribution in [0.1, 0.15) is 10.7 Å². The molecular formula is C7H3F3NS. The van der Waals surface area contributed by atoms with Crippen molar-refractivity contribution < 1.29 is 13.2 Å². The van der Waals surface area contributed by atoms with Gasteiger partial charge >= 0.3 is 6.18 Å². The average molecular weight is 190 g/mol. The van der Waals surface area contributed by atoms with Gasteiger partial charge in [0.1, 0.15) is 0 Å². The molecule has 12 heavy (non-hydrogen) atoms. The van der Waals surface area contributed by atoms with Gasteiger partial charge in [-0.2, -0.15) is 13.2 Å². The fourth-order valence-corrected chi connectivity index (χ4v) is 1.21. The van der Waals surface area contributed by atoms with Crippen molar-refractivity contribution in [2.24, 2.45) is 0 Å². The molecule has 5 heteroatoms. The van der Waals surface area contributed by atoms with Crippen LogP contribution in [-0.2, 0) is 6.18 Å². The maximum absolute atomic E-state index is 11.9. The van der Waals surface area contributed by atoms with Gasteiger partial charge in [0.2, 0.25) is 0 Å². The van der Waals surface area contributed by atoms with E-state index < -0.39 is 11.2 Å². The number of terminal acetylenes is 1. The Bertz CT molecular complexity index is 307. The van der Waals surface area contributed by atoms with E-state index >= 15 is 0 Å². The number of rotatable bonds is 1. The molecule has 63 valence electrons. The van der Waals surface area contributed by atoms with Gasteiger partial charge in [0, 0.05) is 5.38 Å². The minimum Gasteiger partial charge on any atom is -0.236 e. The van der Waals surface area contributed by atoms with E-state index in [4.69, 9.17) is 6.42 Å². The zero-order valence-electron chi connectivity index (χ0n) is 5.72. The number of hydrogen-bond acceptors (Lipinski definition) is 2. The minimum atomic E-state index is -4.37. The van der Waals surface area contributed by atoms with Gasteiger partial charge in [0.05, 0.1) is 12.1 Å². The lowest BCUT2D eigenvalue weighted by Crippen LogP contribution is -2.03. The summed E-state index contributed by atoms with van der Waals surface area (Å²) < 4.78 is 35.8. The molecule has 0 saturated heterocycles. The van der Waals surface area contributed by atoms with Crippen LogP contribution < -0.4 is 0 Å². The van der Waals surface area contributed by atoms with Crippen LogP contribution in [0.15, 0.2) is 5.38 Å². The maximum Gasteiger partial charge on any atom is 0.443 e. The fourth-order valence-electron chi connectivity index (χ4n) is 0.568. The van der Waals surface area contributed by atoms with Crippen molar-refractivity contribution in [1.29, 1.82) is 0 Å². The molecule has 0 saturated carbocycles. The van der Waals surface area contributed by atoms with Crippen molar-refractivity contribution in [3.05, 3.63) is 22.5 Å². The Balaban J connectivity index is 2.86. The third kappa shape index (κ3) is 1.98. The quantitative estimate of drug-likeness (QED) is 0.619. The van der Waals surface area contributed by atoms with Gasteiger partial charge in [-0.05, 0) is 0 Å². The van der Waals surface area contributed by atoms with E-state index in [9.17, 15) is 13.2 Å². The number of halogens is 3. The van der Waals surface area contributed by atoms with Crippen LogP contribution in [0.2, 0.25) is 0 Å². The molecule has 0 aromatic carbocycles. The highest BCUT2D eigenvalue weighted by Gasteiger charge is 2.34. The molecule has 0 fully saturated rings. The number of nitrogens with zero attached hydrogens (tertiary/aromatic N) is 1. The van der Waals surface area contributed by atoms with Crippen LogP contribution >= 0.6 is 11.3 Å². The number of aromatic nitrogens is 1. The van der Waals surface area contributed by atoms with Gasteiger partial charge in [0.25, 0.3) is 0 Å². The summed E-state index contributed by atoms with van der Waals surface area (Å²) in [5.74, 6) is 2.10. The first kappa shape index (κ1) is 9.07. The molecule has 1 aromatic rings. The smallest absolute Gasteiger partial charge is 0.236 e. The molecule has 0 N–H and O–H groups in total. The van der Waals surface area contributed by atoms with Gasteiger partial charge in [-0.25, -0.2) is 4.98 Å². The summed E-state index contributed by atoms with van der Waals surface area (Å²) in [6.45, 7) is 0. The largest absolute Gasteiger partial charge is 0.443 e.